The first-order chi connectivity index (χ1) is 8.36. The summed E-state index contributed by atoms with van der Waals surface area (Å²) in [4.78, 5) is 2.63. The van der Waals surface area contributed by atoms with Crippen molar-refractivity contribution >= 4 is 15.9 Å². The first-order valence-electron chi connectivity index (χ1n) is 6.69. The smallest absolute Gasteiger partial charge is 0.0233 e. The molecule has 1 saturated carbocycles. The number of likely N-dealkylation sites (tertiary alicyclic amines) is 1. The summed E-state index contributed by atoms with van der Waals surface area (Å²) in [6, 6.07) is 10.9. The lowest BCUT2D eigenvalue weighted by molar-refractivity contribution is 0.307. The maximum absolute atomic E-state index is 3.62. The van der Waals surface area contributed by atoms with Gasteiger partial charge in [0, 0.05) is 18.4 Å². The van der Waals surface area contributed by atoms with Gasteiger partial charge in [0.2, 0.25) is 0 Å². The number of rotatable bonds is 4. The largest absolute Gasteiger partial charge is 0.299 e. The van der Waals surface area contributed by atoms with E-state index in [1.165, 1.54) is 36.8 Å². The summed E-state index contributed by atoms with van der Waals surface area (Å²) in [5.74, 6) is 2.98. The van der Waals surface area contributed by atoms with E-state index >= 15 is 0 Å². The van der Waals surface area contributed by atoms with Gasteiger partial charge < -0.3 is 0 Å². The van der Waals surface area contributed by atoms with Crippen molar-refractivity contribution in [3.8, 4) is 0 Å². The Balaban J connectivity index is 1.51. The van der Waals surface area contributed by atoms with Crippen LogP contribution in [0.4, 0.5) is 0 Å². The van der Waals surface area contributed by atoms with Gasteiger partial charge in [-0.15, -0.1) is 0 Å². The summed E-state index contributed by atoms with van der Waals surface area (Å²) < 4.78 is 0. The average molecular weight is 294 g/mol. The fraction of sp³-hybridized carbons (Fsp3) is 0.600. The van der Waals surface area contributed by atoms with E-state index in [4.69, 9.17) is 0 Å². The molecule has 1 aromatic rings. The third-order valence-electron chi connectivity index (χ3n) is 4.34. The minimum absolute atomic E-state index is 0.973. The van der Waals surface area contributed by atoms with Gasteiger partial charge in [0.05, 0.1) is 0 Å². The number of benzene rings is 1. The second-order valence-electron chi connectivity index (χ2n) is 5.58. The van der Waals surface area contributed by atoms with E-state index in [2.05, 4.69) is 51.2 Å². The highest BCUT2D eigenvalue weighted by Crippen LogP contribution is 2.48. The SMILES string of the molecule is BrCC1CC1C1CCN(Cc2ccccc2)C1. The highest BCUT2D eigenvalue weighted by Gasteiger charge is 2.43. The molecule has 1 aliphatic carbocycles. The molecule has 0 radical (unpaired) electrons. The molecule has 1 aliphatic heterocycles. The molecule has 1 aromatic carbocycles. The topological polar surface area (TPSA) is 3.24 Å². The summed E-state index contributed by atoms with van der Waals surface area (Å²) in [7, 11) is 0. The minimum Gasteiger partial charge on any atom is -0.299 e. The van der Waals surface area contributed by atoms with E-state index in [9.17, 15) is 0 Å². The van der Waals surface area contributed by atoms with Gasteiger partial charge in [-0.3, -0.25) is 4.90 Å². The zero-order valence-electron chi connectivity index (χ0n) is 10.2. The van der Waals surface area contributed by atoms with Crippen molar-refractivity contribution in [2.45, 2.75) is 19.4 Å². The molecule has 1 heterocycles. The predicted octanol–water partition coefficient (Wildman–Crippen LogP) is 3.54. The van der Waals surface area contributed by atoms with E-state index in [1.807, 2.05) is 0 Å². The van der Waals surface area contributed by atoms with E-state index in [0.717, 1.165) is 24.3 Å². The molecule has 92 valence electrons. The van der Waals surface area contributed by atoms with Crippen molar-refractivity contribution in [1.29, 1.82) is 0 Å². The Morgan fingerprint density at radius 1 is 1.24 bits per heavy atom. The lowest BCUT2D eigenvalue weighted by Crippen LogP contribution is -2.20. The molecule has 2 aliphatic rings. The summed E-state index contributed by atoms with van der Waals surface area (Å²) in [6.45, 7) is 3.76. The van der Waals surface area contributed by atoms with Crippen molar-refractivity contribution in [2.75, 3.05) is 18.4 Å². The monoisotopic (exact) mass is 293 g/mol. The molecule has 2 fully saturated rings. The first kappa shape index (κ1) is 11.7. The first-order valence-corrected chi connectivity index (χ1v) is 7.81. The van der Waals surface area contributed by atoms with Crippen LogP contribution in [0.15, 0.2) is 30.3 Å². The average Bonchev–Trinajstić information content (AvgIpc) is 3.03. The van der Waals surface area contributed by atoms with Crippen molar-refractivity contribution in [1.82, 2.24) is 4.90 Å². The number of halogens is 1. The number of hydrogen-bond donors (Lipinski definition) is 0. The van der Waals surface area contributed by atoms with E-state index in [1.54, 1.807) is 0 Å². The Morgan fingerprint density at radius 2 is 2.06 bits per heavy atom. The van der Waals surface area contributed by atoms with Crippen LogP contribution in [-0.2, 0) is 6.54 Å². The number of alkyl halides is 1. The van der Waals surface area contributed by atoms with Crippen molar-refractivity contribution in [3.63, 3.8) is 0 Å². The van der Waals surface area contributed by atoms with Crippen LogP contribution in [0.3, 0.4) is 0 Å². The van der Waals surface area contributed by atoms with Crippen LogP contribution in [0.2, 0.25) is 0 Å². The second-order valence-corrected chi connectivity index (χ2v) is 6.23. The highest BCUT2D eigenvalue weighted by atomic mass is 79.9. The van der Waals surface area contributed by atoms with Gasteiger partial charge in [-0.25, -0.2) is 0 Å². The Bertz CT molecular complexity index is 364. The molecular formula is C15H20BrN. The van der Waals surface area contributed by atoms with Gasteiger partial charge in [0.15, 0.2) is 0 Å². The van der Waals surface area contributed by atoms with E-state index in [0.29, 0.717) is 0 Å². The maximum atomic E-state index is 3.62. The second kappa shape index (κ2) is 5.11. The quantitative estimate of drug-likeness (QED) is 0.768. The molecule has 0 N–H and O–H groups in total. The summed E-state index contributed by atoms with van der Waals surface area (Å²) in [5, 5.41) is 1.22. The summed E-state index contributed by atoms with van der Waals surface area (Å²) in [6.07, 6.45) is 2.89. The molecule has 3 rings (SSSR count). The molecule has 2 heteroatoms. The van der Waals surface area contributed by atoms with Crippen molar-refractivity contribution in [2.24, 2.45) is 17.8 Å². The summed E-state index contributed by atoms with van der Waals surface area (Å²) >= 11 is 3.62. The van der Waals surface area contributed by atoms with Crippen molar-refractivity contribution < 1.29 is 0 Å². The van der Waals surface area contributed by atoms with Crippen LogP contribution in [0.25, 0.3) is 0 Å². The van der Waals surface area contributed by atoms with E-state index < -0.39 is 0 Å². The Kier molecular flexibility index (Phi) is 3.53. The molecule has 17 heavy (non-hydrogen) atoms. The maximum Gasteiger partial charge on any atom is 0.0233 e. The van der Waals surface area contributed by atoms with Crippen LogP contribution in [-0.4, -0.2) is 23.3 Å². The molecular weight excluding hydrogens is 274 g/mol. The molecule has 0 aromatic heterocycles. The van der Waals surface area contributed by atoms with Crippen LogP contribution >= 0.6 is 15.9 Å². The van der Waals surface area contributed by atoms with Crippen LogP contribution in [0, 0.1) is 17.8 Å². The molecule has 1 saturated heterocycles. The molecule has 1 nitrogen and oxygen atoms in total. The lowest BCUT2D eigenvalue weighted by Gasteiger charge is -2.16. The molecule has 0 spiro atoms. The molecule has 3 atom stereocenters. The third-order valence-corrected chi connectivity index (χ3v) is 5.17. The van der Waals surface area contributed by atoms with E-state index in [-0.39, 0.29) is 0 Å². The fourth-order valence-corrected chi connectivity index (χ4v) is 3.97. The Morgan fingerprint density at radius 3 is 2.76 bits per heavy atom. The standard InChI is InChI=1S/C15H20BrN/c16-9-14-8-15(14)13-6-7-17(11-13)10-12-4-2-1-3-5-12/h1-5,13-15H,6-11H2. The van der Waals surface area contributed by atoms with Crippen LogP contribution in [0.1, 0.15) is 18.4 Å². The molecule has 3 unspecified atom stereocenters. The van der Waals surface area contributed by atoms with Crippen LogP contribution < -0.4 is 0 Å². The van der Waals surface area contributed by atoms with Gasteiger partial charge in [-0.2, -0.15) is 0 Å². The zero-order chi connectivity index (χ0) is 11.7. The summed E-state index contributed by atoms with van der Waals surface area (Å²) in [5.41, 5.74) is 1.46. The van der Waals surface area contributed by atoms with Crippen molar-refractivity contribution in [3.05, 3.63) is 35.9 Å². The third kappa shape index (κ3) is 2.74. The van der Waals surface area contributed by atoms with Gasteiger partial charge in [-0.05, 0) is 42.7 Å². The minimum atomic E-state index is 0.973. The molecule has 0 bridgehead atoms. The predicted molar refractivity (Wildman–Crippen MR) is 75.2 cm³/mol. The molecule has 0 amide bonds. The normalized spacial score (nSPS) is 32.9. The number of hydrogen-bond acceptors (Lipinski definition) is 1. The van der Waals surface area contributed by atoms with Gasteiger partial charge in [0.25, 0.3) is 0 Å². The number of nitrogens with zero attached hydrogens (tertiary/aromatic N) is 1. The highest BCUT2D eigenvalue weighted by molar-refractivity contribution is 9.09. The fourth-order valence-electron chi connectivity index (χ4n) is 3.22. The zero-order valence-corrected chi connectivity index (χ0v) is 11.8. The van der Waals surface area contributed by atoms with Crippen LogP contribution in [0.5, 0.6) is 0 Å². The van der Waals surface area contributed by atoms with Gasteiger partial charge in [0.1, 0.15) is 0 Å². The Labute approximate surface area is 112 Å². The Hall–Kier alpha value is -0.340. The lowest BCUT2D eigenvalue weighted by atomic mass is 10.0. The van der Waals surface area contributed by atoms with Gasteiger partial charge in [-0.1, -0.05) is 46.3 Å². The van der Waals surface area contributed by atoms with Gasteiger partial charge >= 0.3 is 0 Å².